The molecule has 5 N–H and O–H groups in total. The van der Waals surface area contributed by atoms with Crippen molar-refractivity contribution in [2.75, 3.05) is 19.7 Å². The molecule has 64 heavy (non-hydrogen) atoms. The Hall–Kier alpha value is -6.15. The van der Waals surface area contributed by atoms with Gasteiger partial charge in [-0.15, -0.1) is 0 Å². The second-order valence-corrected chi connectivity index (χ2v) is 17.2. The van der Waals surface area contributed by atoms with Gasteiger partial charge in [0, 0.05) is 12.8 Å². The van der Waals surface area contributed by atoms with E-state index in [9.17, 15) is 46.0 Å². The van der Waals surface area contributed by atoms with E-state index in [0.29, 0.717) is 24.3 Å². The molecule has 3 aromatic rings. The Balaban J connectivity index is 0.00000266. The van der Waals surface area contributed by atoms with E-state index in [1.54, 1.807) is 69.3 Å². The number of benzene rings is 2. The van der Waals surface area contributed by atoms with Crippen molar-refractivity contribution in [1.29, 1.82) is 0 Å². The van der Waals surface area contributed by atoms with Crippen LogP contribution in [-0.4, -0.2) is 96.5 Å². The zero-order chi connectivity index (χ0) is 48.3. The fourth-order valence-corrected chi connectivity index (χ4v) is 5.72. The smallest absolute Gasteiger partial charge is 0.488 e. The number of imidazole rings is 1. The summed E-state index contributed by atoms with van der Waals surface area (Å²) in [6, 6.07) is 13.0. The minimum atomic E-state index is -6.00. The molecule has 16 nitrogen and oxygen atoms in total. The van der Waals surface area contributed by atoms with E-state index < -0.39 is 85.4 Å². The Morgan fingerprint density at radius 2 is 1.28 bits per heavy atom. The number of nitrogens with one attached hydrogen (secondary N) is 5. The monoisotopic (exact) mass is 907 g/mol. The molecular formula is C43H62BF4N7O9. The molecule has 3 rings (SSSR count). The molecule has 0 aliphatic rings. The van der Waals surface area contributed by atoms with Crippen LogP contribution in [0.15, 0.2) is 73.3 Å². The third-order valence-electron chi connectivity index (χ3n) is 8.32. The summed E-state index contributed by atoms with van der Waals surface area (Å²) in [5.74, 6) is -2.52. The molecule has 1 aromatic heterocycles. The SMILES string of the molecule is CC(C)C[C@H](NC(=O)[C@H](Cc1ccccc1)NC(=O)CNC(=O)CNC(=O)[C@H](Cc1ccc(OC(C)(C)C)cc1)NC(=O)OC(C)(C)C)C(=O)OCCn1cc[n+](C)c1.F[B-](F)(F)F. The second-order valence-electron chi connectivity index (χ2n) is 17.2. The Morgan fingerprint density at radius 3 is 1.81 bits per heavy atom. The molecule has 1 heterocycles. The number of hydrogen-bond donors (Lipinski definition) is 5. The maximum Gasteiger partial charge on any atom is 0.673 e. The molecule has 0 unspecified atom stereocenters. The van der Waals surface area contributed by atoms with Crippen molar-refractivity contribution in [2.24, 2.45) is 13.0 Å². The number of carbonyl (C=O) groups excluding carboxylic acids is 6. The third-order valence-corrected chi connectivity index (χ3v) is 8.32. The number of alkyl carbamates (subject to hydrolysis) is 1. The fourth-order valence-electron chi connectivity index (χ4n) is 5.72. The van der Waals surface area contributed by atoms with Crippen molar-refractivity contribution in [3.8, 4) is 5.75 Å². The number of carbonyl (C=O) groups is 6. The van der Waals surface area contributed by atoms with E-state index in [2.05, 4.69) is 26.6 Å². The minimum Gasteiger partial charge on any atom is -0.488 e. The highest BCUT2D eigenvalue weighted by Crippen LogP contribution is 2.19. The van der Waals surface area contributed by atoms with Crippen LogP contribution < -0.4 is 35.9 Å². The summed E-state index contributed by atoms with van der Waals surface area (Å²) in [5, 5.41) is 13.0. The van der Waals surface area contributed by atoms with E-state index in [0.717, 1.165) is 5.56 Å². The van der Waals surface area contributed by atoms with E-state index in [4.69, 9.17) is 14.2 Å². The number of ether oxygens (including phenoxy) is 3. The molecule has 0 radical (unpaired) electrons. The molecule has 5 amide bonds. The lowest BCUT2D eigenvalue weighted by atomic mass is 10.0. The van der Waals surface area contributed by atoms with Crippen LogP contribution in [0.25, 0.3) is 0 Å². The highest BCUT2D eigenvalue weighted by molar-refractivity contribution is 6.50. The van der Waals surface area contributed by atoms with Gasteiger partial charge in [-0.1, -0.05) is 56.3 Å². The van der Waals surface area contributed by atoms with Gasteiger partial charge in [-0.05, 0) is 77.1 Å². The van der Waals surface area contributed by atoms with Gasteiger partial charge in [0.2, 0.25) is 30.0 Å². The van der Waals surface area contributed by atoms with Crippen LogP contribution in [-0.2, 0) is 59.9 Å². The van der Waals surface area contributed by atoms with Gasteiger partial charge in [0.25, 0.3) is 0 Å². The average Bonchev–Trinajstić information content (AvgIpc) is 3.58. The highest BCUT2D eigenvalue weighted by atomic mass is 19.5. The van der Waals surface area contributed by atoms with Crippen LogP contribution in [0, 0.1) is 5.92 Å². The topological polar surface area (TPSA) is 199 Å². The Labute approximate surface area is 371 Å². The molecule has 354 valence electrons. The lowest BCUT2D eigenvalue weighted by Gasteiger charge is -2.24. The van der Waals surface area contributed by atoms with Crippen LogP contribution in [0.5, 0.6) is 5.75 Å². The summed E-state index contributed by atoms with van der Waals surface area (Å²) in [6.07, 6.45) is 5.26. The van der Waals surface area contributed by atoms with Crippen molar-refractivity contribution >= 4 is 42.9 Å². The standard InChI is InChI=1S/C43H61N7O9.BF4/c1-29(2)23-35(40(55)57-22-21-50-20-19-49(9)28-50)47-39(54)34(24-30-13-11-10-12-14-30)46-37(52)27-44-36(51)26-45-38(53)33(48-41(56)59-43(6,7)8)25-31-15-17-32(18-16-31)58-42(3,4)5;2-1(3,4)5/h10-20,28-29,33-35H,21-27H2,1-9H3,(H4-,44,45,46,47,48,51,52,53,54,56);/q;-1/p+1/t33-,34-,35-;/m0./s1. The maximum atomic E-state index is 13.7. The number of amides is 5. The van der Waals surface area contributed by atoms with Crippen LogP contribution in [0.2, 0.25) is 0 Å². The summed E-state index contributed by atoms with van der Waals surface area (Å²) in [4.78, 5) is 78.8. The molecule has 0 bridgehead atoms. The van der Waals surface area contributed by atoms with Crippen LogP contribution >= 0.6 is 0 Å². The summed E-state index contributed by atoms with van der Waals surface area (Å²) in [6.45, 7) is 14.2. The molecule has 0 aliphatic carbocycles. The van der Waals surface area contributed by atoms with Crippen molar-refractivity contribution in [2.45, 2.75) is 111 Å². The summed E-state index contributed by atoms with van der Waals surface area (Å²) < 4.78 is 59.5. The molecule has 3 atom stereocenters. The van der Waals surface area contributed by atoms with Crippen molar-refractivity contribution in [3.63, 3.8) is 0 Å². The quantitative estimate of drug-likeness (QED) is 0.0482. The van der Waals surface area contributed by atoms with Crippen molar-refractivity contribution in [3.05, 3.63) is 84.4 Å². The van der Waals surface area contributed by atoms with Crippen LogP contribution in [0.1, 0.15) is 72.9 Å². The van der Waals surface area contributed by atoms with E-state index >= 15 is 0 Å². The maximum absolute atomic E-state index is 13.7. The minimum absolute atomic E-state index is 0.0395. The molecule has 2 aromatic carbocycles. The number of aryl methyl sites for hydroxylation is 1. The molecular weight excluding hydrogens is 845 g/mol. The molecule has 0 aliphatic heterocycles. The summed E-state index contributed by atoms with van der Waals surface area (Å²) >= 11 is 0. The van der Waals surface area contributed by atoms with Crippen molar-refractivity contribution < 1.29 is 64.8 Å². The Morgan fingerprint density at radius 1 is 0.719 bits per heavy atom. The first-order valence-corrected chi connectivity index (χ1v) is 20.7. The highest BCUT2D eigenvalue weighted by Gasteiger charge is 2.30. The lowest BCUT2D eigenvalue weighted by Crippen LogP contribution is -2.55. The van der Waals surface area contributed by atoms with E-state index in [1.165, 1.54) is 0 Å². The summed E-state index contributed by atoms with van der Waals surface area (Å²) in [7, 11) is -4.12. The normalized spacial score (nSPS) is 12.9. The third kappa shape index (κ3) is 24.5. The second kappa shape index (κ2) is 25.2. The fraction of sp³-hybridized carbons (Fsp3) is 0.512. The summed E-state index contributed by atoms with van der Waals surface area (Å²) in [5.41, 5.74) is 0.249. The zero-order valence-corrected chi connectivity index (χ0v) is 37.8. The number of rotatable bonds is 20. The van der Waals surface area contributed by atoms with Gasteiger partial charge >= 0.3 is 19.3 Å². The van der Waals surface area contributed by atoms with Gasteiger partial charge in [-0.3, -0.25) is 19.2 Å². The average molecular weight is 908 g/mol. The molecule has 0 saturated heterocycles. The molecule has 21 heteroatoms. The predicted molar refractivity (Wildman–Crippen MR) is 230 cm³/mol. The first-order chi connectivity index (χ1) is 29.7. The van der Waals surface area contributed by atoms with Crippen LogP contribution in [0.4, 0.5) is 22.1 Å². The first-order valence-electron chi connectivity index (χ1n) is 20.7. The lowest BCUT2D eigenvalue weighted by molar-refractivity contribution is -0.671. The van der Waals surface area contributed by atoms with Crippen LogP contribution in [0.3, 0.4) is 0 Å². The van der Waals surface area contributed by atoms with Gasteiger partial charge < -0.3 is 58.1 Å². The van der Waals surface area contributed by atoms with Gasteiger partial charge in [0.15, 0.2) is 0 Å². The van der Waals surface area contributed by atoms with E-state index in [1.807, 2.05) is 75.6 Å². The Kier molecular flexibility index (Phi) is 21.3. The number of nitrogens with zero attached hydrogens (tertiary/aromatic N) is 2. The molecule has 0 fully saturated rings. The number of halogens is 4. The van der Waals surface area contributed by atoms with E-state index in [-0.39, 0.29) is 25.4 Å². The van der Waals surface area contributed by atoms with Gasteiger partial charge in [0.05, 0.1) is 20.1 Å². The number of hydrogen-bond acceptors (Lipinski definition) is 9. The van der Waals surface area contributed by atoms with Gasteiger partial charge in [0.1, 0.15) is 60.6 Å². The Bertz CT molecular complexity index is 1960. The van der Waals surface area contributed by atoms with Crippen molar-refractivity contribution in [1.82, 2.24) is 31.2 Å². The predicted octanol–water partition coefficient (Wildman–Crippen LogP) is 3.96. The molecule has 0 spiro atoms. The molecule has 0 saturated carbocycles. The number of esters is 1. The zero-order valence-electron chi connectivity index (χ0n) is 37.8. The largest absolute Gasteiger partial charge is 0.673 e. The first kappa shape index (κ1) is 54.0. The van der Waals surface area contributed by atoms with Gasteiger partial charge in [-0.25, -0.2) is 18.7 Å². The number of aromatic nitrogens is 2. The van der Waals surface area contributed by atoms with Gasteiger partial charge in [-0.2, -0.15) is 0 Å².